The largest absolute Gasteiger partial charge is 0.481 e. The predicted molar refractivity (Wildman–Crippen MR) is 103 cm³/mol. The lowest BCUT2D eigenvalue weighted by atomic mass is 10.1. The first-order chi connectivity index (χ1) is 13.4. The van der Waals surface area contributed by atoms with Crippen LogP contribution in [0.5, 0.6) is 0 Å². The summed E-state index contributed by atoms with van der Waals surface area (Å²) in [5.74, 6) is -1.56. The molecular weight excluding hydrogens is 364 g/mol. The maximum absolute atomic E-state index is 12.8. The molecule has 9 nitrogen and oxygen atoms in total. The summed E-state index contributed by atoms with van der Waals surface area (Å²) in [4.78, 5) is 47.0. The number of imidazole rings is 1. The number of aliphatic carboxylic acids is 1. The van der Waals surface area contributed by atoms with E-state index in [2.05, 4.69) is 10.6 Å². The summed E-state index contributed by atoms with van der Waals surface area (Å²) in [5.41, 5.74) is 1.81. The number of carbonyl (C=O) groups is 3. The molecule has 0 radical (unpaired) electrons. The van der Waals surface area contributed by atoms with Gasteiger partial charge in [-0.1, -0.05) is 12.5 Å². The summed E-state index contributed by atoms with van der Waals surface area (Å²) in [6.45, 7) is 0.649. The van der Waals surface area contributed by atoms with Gasteiger partial charge in [0.15, 0.2) is 0 Å². The highest BCUT2D eigenvalue weighted by molar-refractivity contribution is 6.00. The van der Waals surface area contributed by atoms with Crippen molar-refractivity contribution in [1.29, 1.82) is 0 Å². The second kappa shape index (κ2) is 8.28. The molecule has 1 aromatic carbocycles. The highest BCUT2D eigenvalue weighted by Gasteiger charge is 2.31. The van der Waals surface area contributed by atoms with E-state index >= 15 is 0 Å². The molecule has 0 aliphatic carbocycles. The Bertz CT molecular complexity index is 975. The van der Waals surface area contributed by atoms with Crippen molar-refractivity contribution in [2.24, 2.45) is 7.05 Å². The molecule has 0 bridgehead atoms. The van der Waals surface area contributed by atoms with E-state index < -0.39 is 17.9 Å². The van der Waals surface area contributed by atoms with E-state index in [1.165, 1.54) is 9.13 Å². The third-order valence-electron chi connectivity index (χ3n) is 5.01. The van der Waals surface area contributed by atoms with Crippen LogP contribution in [-0.2, 0) is 21.4 Å². The van der Waals surface area contributed by atoms with Crippen LogP contribution in [-0.4, -0.2) is 38.6 Å². The number of aryl methyl sites for hydroxylation is 1. The SMILES string of the molecule is Cn1c(=O)n(C2CCC(=O)NC2=O)c2cccc(NCCCCCC(=O)O)c21. The quantitative estimate of drug-likeness (QED) is 0.464. The molecule has 2 heterocycles. The molecule has 0 spiro atoms. The van der Waals surface area contributed by atoms with E-state index in [1.807, 2.05) is 12.1 Å². The maximum Gasteiger partial charge on any atom is 0.329 e. The predicted octanol–water partition coefficient (Wildman–Crippen LogP) is 1.37. The number of fused-ring (bicyclic) bond motifs is 1. The van der Waals surface area contributed by atoms with Crippen LogP contribution < -0.4 is 16.3 Å². The van der Waals surface area contributed by atoms with Crippen molar-refractivity contribution >= 4 is 34.5 Å². The Labute approximate surface area is 161 Å². The van der Waals surface area contributed by atoms with Crippen molar-refractivity contribution < 1.29 is 19.5 Å². The monoisotopic (exact) mass is 388 g/mol. The number of carboxylic acids is 1. The maximum atomic E-state index is 12.8. The number of hydrogen-bond acceptors (Lipinski definition) is 5. The fourth-order valence-electron chi connectivity index (χ4n) is 3.61. The van der Waals surface area contributed by atoms with Gasteiger partial charge in [-0.2, -0.15) is 0 Å². The van der Waals surface area contributed by atoms with Crippen molar-refractivity contribution in [3.8, 4) is 0 Å². The summed E-state index contributed by atoms with van der Waals surface area (Å²) >= 11 is 0. The molecule has 1 aliphatic rings. The summed E-state index contributed by atoms with van der Waals surface area (Å²) < 4.78 is 2.96. The lowest BCUT2D eigenvalue weighted by molar-refractivity contribution is -0.137. The lowest BCUT2D eigenvalue weighted by Crippen LogP contribution is -2.44. The minimum atomic E-state index is -0.789. The Balaban J connectivity index is 1.81. The van der Waals surface area contributed by atoms with Crippen LogP contribution in [0.4, 0.5) is 5.69 Å². The molecule has 1 saturated heterocycles. The summed E-state index contributed by atoms with van der Waals surface area (Å²) in [6, 6.07) is 4.77. The minimum Gasteiger partial charge on any atom is -0.481 e. The fourth-order valence-corrected chi connectivity index (χ4v) is 3.61. The van der Waals surface area contributed by atoms with Crippen molar-refractivity contribution in [2.75, 3.05) is 11.9 Å². The Hall–Kier alpha value is -3.10. The van der Waals surface area contributed by atoms with Crippen LogP contribution in [0.1, 0.15) is 44.6 Å². The smallest absolute Gasteiger partial charge is 0.329 e. The molecule has 2 aromatic rings. The van der Waals surface area contributed by atoms with Gasteiger partial charge in [0.25, 0.3) is 0 Å². The normalized spacial score (nSPS) is 17.0. The summed E-state index contributed by atoms with van der Waals surface area (Å²) in [7, 11) is 1.66. The average Bonchev–Trinajstić information content (AvgIpc) is 2.90. The van der Waals surface area contributed by atoms with Gasteiger partial charge in [0.05, 0.1) is 16.7 Å². The zero-order valence-electron chi connectivity index (χ0n) is 15.7. The molecule has 3 rings (SSSR count). The molecule has 1 aromatic heterocycles. The van der Waals surface area contributed by atoms with E-state index in [1.54, 1.807) is 13.1 Å². The number of benzene rings is 1. The van der Waals surface area contributed by atoms with Gasteiger partial charge in [-0.25, -0.2) is 4.79 Å². The van der Waals surface area contributed by atoms with Gasteiger partial charge in [-0.15, -0.1) is 0 Å². The van der Waals surface area contributed by atoms with Gasteiger partial charge >= 0.3 is 11.7 Å². The number of nitrogens with zero attached hydrogens (tertiary/aromatic N) is 2. The molecule has 1 aliphatic heterocycles. The first-order valence-corrected chi connectivity index (χ1v) is 9.39. The molecule has 1 atom stereocenters. The van der Waals surface area contributed by atoms with E-state index in [0.29, 0.717) is 30.4 Å². The molecular formula is C19H24N4O5. The first-order valence-electron chi connectivity index (χ1n) is 9.39. The van der Waals surface area contributed by atoms with E-state index in [9.17, 15) is 19.2 Å². The molecule has 0 saturated carbocycles. The van der Waals surface area contributed by atoms with Gasteiger partial charge in [0.2, 0.25) is 11.8 Å². The van der Waals surface area contributed by atoms with Crippen LogP contribution in [0, 0.1) is 0 Å². The third-order valence-corrected chi connectivity index (χ3v) is 5.01. The second-order valence-electron chi connectivity index (χ2n) is 6.98. The summed E-state index contributed by atoms with van der Waals surface area (Å²) in [6.07, 6.45) is 2.90. The standard InChI is InChI=1S/C19H24N4O5/c1-22-17-12(20-11-4-2-3-8-16(25)26)6-5-7-13(17)23(19(22)28)14-9-10-15(24)21-18(14)27/h5-7,14,20H,2-4,8-11H2,1H3,(H,25,26)(H,21,24,27). The van der Waals surface area contributed by atoms with Gasteiger partial charge < -0.3 is 10.4 Å². The van der Waals surface area contributed by atoms with Crippen LogP contribution in [0.25, 0.3) is 11.0 Å². The number of imide groups is 1. The number of carboxylic acid groups (broad SMARTS) is 1. The molecule has 3 N–H and O–H groups in total. The number of anilines is 1. The molecule has 28 heavy (non-hydrogen) atoms. The third kappa shape index (κ3) is 3.92. The van der Waals surface area contributed by atoms with Gasteiger partial charge in [-0.05, 0) is 31.4 Å². The van der Waals surface area contributed by atoms with Crippen molar-refractivity contribution in [1.82, 2.24) is 14.5 Å². The molecule has 150 valence electrons. The number of rotatable bonds is 8. The number of para-hydroxylation sites is 1. The molecule has 1 fully saturated rings. The molecule has 9 heteroatoms. The number of amides is 2. The molecule has 2 amide bonds. The Morgan fingerprint density at radius 3 is 2.75 bits per heavy atom. The zero-order valence-corrected chi connectivity index (χ0v) is 15.7. The Morgan fingerprint density at radius 2 is 2.04 bits per heavy atom. The summed E-state index contributed by atoms with van der Waals surface area (Å²) in [5, 5.41) is 14.3. The average molecular weight is 388 g/mol. The van der Waals surface area contributed by atoms with Gasteiger partial charge in [0.1, 0.15) is 6.04 Å². The van der Waals surface area contributed by atoms with Crippen molar-refractivity contribution in [3.05, 3.63) is 28.7 Å². The lowest BCUT2D eigenvalue weighted by Gasteiger charge is -2.22. The highest BCUT2D eigenvalue weighted by atomic mass is 16.4. The van der Waals surface area contributed by atoms with E-state index in [-0.39, 0.29) is 24.4 Å². The minimum absolute atomic E-state index is 0.166. The number of unbranched alkanes of at least 4 members (excludes halogenated alkanes) is 2. The fraction of sp³-hybridized carbons (Fsp3) is 0.474. The molecule has 1 unspecified atom stereocenters. The second-order valence-corrected chi connectivity index (χ2v) is 6.98. The van der Waals surface area contributed by atoms with Gasteiger partial charge in [0, 0.05) is 26.4 Å². The number of aromatic nitrogens is 2. The van der Waals surface area contributed by atoms with Crippen LogP contribution >= 0.6 is 0 Å². The van der Waals surface area contributed by atoms with Crippen molar-refractivity contribution in [3.63, 3.8) is 0 Å². The van der Waals surface area contributed by atoms with Crippen molar-refractivity contribution in [2.45, 2.75) is 44.6 Å². The zero-order chi connectivity index (χ0) is 20.3. The van der Waals surface area contributed by atoms with E-state index in [4.69, 9.17) is 5.11 Å². The number of hydrogen-bond donors (Lipinski definition) is 3. The van der Waals surface area contributed by atoms with Crippen LogP contribution in [0.3, 0.4) is 0 Å². The topological polar surface area (TPSA) is 122 Å². The van der Waals surface area contributed by atoms with Gasteiger partial charge in [-0.3, -0.25) is 28.8 Å². The van der Waals surface area contributed by atoms with E-state index in [0.717, 1.165) is 18.5 Å². The number of piperidine rings is 1. The first kappa shape index (κ1) is 19.7. The number of nitrogens with one attached hydrogen (secondary N) is 2. The highest BCUT2D eigenvalue weighted by Crippen LogP contribution is 2.27. The number of carbonyl (C=O) groups excluding carboxylic acids is 2. The van der Waals surface area contributed by atoms with Crippen LogP contribution in [0.15, 0.2) is 23.0 Å². The van der Waals surface area contributed by atoms with Crippen LogP contribution in [0.2, 0.25) is 0 Å². The Morgan fingerprint density at radius 1 is 1.25 bits per heavy atom. The Kier molecular flexibility index (Phi) is 5.81.